The largest absolute Gasteiger partial charge is 0.305 e. The van der Waals surface area contributed by atoms with Crippen molar-refractivity contribution in [3.05, 3.63) is 41.2 Å². The topological polar surface area (TPSA) is 16.1 Å². The van der Waals surface area contributed by atoms with Crippen LogP contribution in [0.1, 0.15) is 5.56 Å². The van der Waals surface area contributed by atoms with Gasteiger partial charge in [0.2, 0.25) is 0 Å². The van der Waals surface area contributed by atoms with Crippen molar-refractivity contribution in [2.24, 2.45) is 0 Å². The number of halogens is 1. The molecule has 0 saturated carbocycles. The second-order valence-electron chi connectivity index (χ2n) is 3.90. The summed E-state index contributed by atoms with van der Waals surface area (Å²) in [7, 11) is 4.09. The molecule has 0 atom stereocenters. The van der Waals surface area contributed by atoms with Crippen LogP contribution >= 0.6 is 11.6 Å². The second-order valence-corrected chi connectivity index (χ2v) is 4.34. The van der Waals surface area contributed by atoms with Gasteiger partial charge in [0, 0.05) is 29.3 Å². The highest BCUT2D eigenvalue weighted by atomic mass is 35.5. The number of aromatic nitrogens is 1. The fourth-order valence-corrected chi connectivity index (χ4v) is 1.95. The molecule has 2 nitrogen and oxygen atoms in total. The third kappa shape index (κ3) is 2.28. The number of fused-ring (bicyclic) bond motifs is 1. The molecule has 0 spiro atoms. The van der Waals surface area contributed by atoms with Crippen molar-refractivity contribution in [1.82, 2.24) is 9.88 Å². The maximum Gasteiger partial charge on any atom is 0.0415 e. The summed E-state index contributed by atoms with van der Waals surface area (Å²) >= 11 is 6.07. The first kappa shape index (κ1) is 10.4. The van der Waals surface area contributed by atoms with Crippen LogP contribution in [0.25, 0.3) is 10.8 Å². The first-order valence-corrected chi connectivity index (χ1v) is 5.21. The first-order valence-electron chi connectivity index (χ1n) is 4.83. The maximum atomic E-state index is 6.07. The number of hydrogen-bond acceptors (Lipinski definition) is 2. The van der Waals surface area contributed by atoms with Crippen molar-refractivity contribution in [2.45, 2.75) is 6.54 Å². The Kier molecular flexibility index (Phi) is 2.89. The molecule has 2 rings (SSSR count). The van der Waals surface area contributed by atoms with E-state index in [-0.39, 0.29) is 0 Å². The third-order valence-electron chi connectivity index (χ3n) is 2.29. The summed E-state index contributed by atoms with van der Waals surface area (Å²) in [6.07, 6.45) is 3.68. The molecule has 0 fully saturated rings. The van der Waals surface area contributed by atoms with Crippen molar-refractivity contribution >= 4 is 22.4 Å². The normalized spacial score (nSPS) is 11.2. The molecule has 2 aromatic rings. The Morgan fingerprint density at radius 1 is 1.33 bits per heavy atom. The summed E-state index contributed by atoms with van der Waals surface area (Å²) in [6, 6.07) is 5.96. The molecule has 3 heteroatoms. The van der Waals surface area contributed by atoms with E-state index in [1.165, 1.54) is 10.9 Å². The molecule has 1 heterocycles. The van der Waals surface area contributed by atoms with Gasteiger partial charge in [-0.1, -0.05) is 11.6 Å². The molecule has 0 N–H and O–H groups in total. The molecule has 78 valence electrons. The molecular formula is C12H13ClN2. The fraction of sp³-hybridized carbons (Fsp3) is 0.250. The van der Waals surface area contributed by atoms with Gasteiger partial charge in [-0.2, -0.15) is 0 Å². The summed E-state index contributed by atoms with van der Waals surface area (Å²) in [4.78, 5) is 6.27. The third-order valence-corrected chi connectivity index (χ3v) is 2.51. The standard InChI is InChI=1S/C12H13ClN2/c1-15(2)8-10-6-11(13)5-9-3-4-14-7-12(9)10/h3-7H,8H2,1-2H3. The van der Waals surface area contributed by atoms with E-state index in [9.17, 15) is 0 Å². The van der Waals surface area contributed by atoms with E-state index in [0.29, 0.717) is 0 Å². The lowest BCUT2D eigenvalue weighted by Gasteiger charge is -2.12. The summed E-state index contributed by atoms with van der Waals surface area (Å²) in [5.74, 6) is 0. The van der Waals surface area contributed by atoms with Gasteiger partial charge in [0.1, 0.15) is 0 Å². The molecule has 0 amide bonds. The molecule has 0 unspecified atom stereocenters. The molecule has 15 heavy (non-hydrogen) atoms. The van der Waals surface area contributed by atoms with Crippen LogP contribution in [0.5, 0.6) is 0 Å². The zero-order chi connectivity index (χ0) is 10.8. The quantitative estimate of drug-likeness (QED) is 0.774. The zero-order valence-electron chi connectivity index (χ0n) is 8.87. The first-order chi connectivity index (χ1) is 7.16. The average Bonchev–Trinajstić information content (AvgIpc) is 2.16. The Hall–Kier alpha value is -1.12. The van der Waals surface area contributed by atoms with E-state index in [1.807, 2.05) is 38.5 Å². The lowest BCUT2D eigenvalue weighted by Crippen LogP contribution is -2.10. The number of nitrogens with zero attached hydrogens (tertiary/aromatic N) is 2. The Morgan fingerprint density at radius 2 is 2.13 bits per heavy atom. The molecule has 0 aliphatic carbocycles. The number of benzene rings is 1. The smallest absolute Gasteiger partial charge is 0.0415 e. The fourth-order valence-electron chi connectivity index (χ4n) is 1.71. The predicted octanol–water partition coefficient (Wildman–Crippen LogP) is 2.95. The van der Waals surface area contributed by atoms with Gasteiger partial charge < -0.3 is 4.90 Å². The highest BCUT2D eigenvalue weighted by molar-refractivity contribution is 6.31. The lowest BCUT2D eigenvalue weighted by atomic mass is 10.1. The van der Waals surface area contributed by atoms with Crippen molar-refractivity contribution in [3.63, 3.8) is 0 Å². The summed E-state index contributed by atoms with van der Waals surface area (Å²) in [5, 5.41) is 3.11. The SMILES string of the molecule is CN(C)Cc1cc(Cl)cc2ccncc12. The summed E-state index contributed by atoms with van der Waals surface area (Å²) in [6.45, 7) is 0.878. The summed E-state index contributed by atoms with van der Waals surface area (Å²) in [5.41, 5.74) is 1.22. The Balaban J connectivity index is 2.60. The number of rotatable bonds is 2. The van der Waals surface area contributed by atoms with Crippen LogP contribution in [0.15, 0.2) is 30.6 Å². The van der Waals surface area contributed by atoms with E-state index in [1.54, 1.807) is 6.20 Å². The Labute approximate surface area is 94.5 Å². The van der Waals surface area contributed by atoms with Gasteiger partial charge in [-0.25, -0.2) is 0 Å². The zero-order valence-corrected chi connectivity index (χ0v) is 9.62. The number of pyridine rings is 1. The van der Waals surface area contributed by atoms with Crippen LogP contribution in [-0.4, -0.2) is 24.0 Å². The molecule has 0 aliphatic rings. The Morgan fingerprint density at radius 3 is 2.87 bits per heavy atom. The van der Waals surface area contributed by atoms with Crippen LogP contribution in [0.2, 0.25) is 5.02 Å². The van der Waals surface area contributed by atoms with Crippen LogP contribution < -0.4 is 0 Å². The van der Waals surface area contributed by atoms with Crippen LogP contribution in [0.4, 0.5) is 0 Å². The average molecular weight is 221 g/mol. The molecule has 0 radical (unpaired) electrons. The molecule has 0 saturated heterocycles. The van der Waals surface area contributed by atoms with Crippen LogP contribution in [0.3, 0.4) is 0 Å². The maximum absolute atomic E-state index is 6.07. The molecule has 1 aromatic carbocycles. The minimum atomic E-state index is 0.783. The van der Waals surface area contributed by atoms with Crippen molar-refractivity contribution in [3.8, 4) is 0 Å². The van der Waals surface area contributed by atoms with E-state index in [2.05, 4.69) is 9.88 Å². The van der Waals surface area contributed by atoms with Gasteiger partial charge in [-0.05, 0) is 43.2 Å². The molecule has 0 aliphatic heterocycles. The van der Waals surface area contributed by atoms with Crippen LogP contribution in [0, 0.1) is 0 Å². The lowest BCUT2D eigenvalue weighted by molar-refractivity contribution is 0.404. The van der Waals surface area contributed by atoms with Crippen molar-refractivity contribution in [1.29, 1.82) is 0 Å². The van der Waals surface area contributed by atoms with E-state index in [0.717, 1.165) is 17.0 Å². The highest BCUT2D eigenvalue weighted by Crippen LogP contribution is 2.23. The monoisotopic (exact) mass is 220 g/mol. The Bertz CT molecular complexity index is 480. The van der Waals surface area contributed by atoms with Crippen molar-refractivity contribution < 1.29 is 0 Å². The minimum Gasteiger partial charge on any atom is -0.305 e. The van der Waals surface area contributed by atoms with E-state index in [4.69, 9.17) is 11.6 Å². The van der Waals surface area contributed by atoms with Gasteiger partial charge >= 0.3 is 0 Å². The minimum absolute atomic E-state index is 0.783. The molecule has 0 bridgehead atoms. The van der Waals surface area contributed by atoms with Crippen molar-refractivity contribution in [2.75, 3.05) is 14.1 Å². The predicted molar refractivity (Wildman–Crippen MR) is 64.1 cm³/mol. The van der Waals surface area contributed by atoms with E-state index >= 15 is 0 Å². The number of hydrogen-bond donors (Lipinski definition) is 0. The molecule has 1 aromatic heterocycles. The van der Waals surface area contributed by atoms with Gasteiger partial charge in [0.15, 0.2) is 0 Å². The summed E-state index contributed by atoms with van der Waals surface area (Å²) < 4.78 is 0. The highest BCUT2D eigenvalue weighted by Gasteiger charge is 2.04. The van der Waals surface area contributed by atoms with Gasteiger partial charge in [0.25, 0.3) is 0 Å². The van der Waals surface area contributed by atoms with Gasteiger partial charge in [-0.15, -0.1) is 0 Å². The molecular weight excluding hydrogens is 208 g/mol. The van der Waals surface area contributed by atoms with E-state index < -0.39 is 0 Å². The van der Waals surface area contributed by atoms with Gasteiger partial charge in [-0.3, -0.25) is 4.98 Å². The second kappa shape index (κ2) is 4.17. The van der Waals surface area contributed by atoms with Crippen LogP contribution in [-0.2, 0) is 6.54 Å². The van der Waals surface area contributed by atoms with Gasteiger partial charge in [0.05, 0.1) is 0 Å².